The van der Waals surface area contributed by atoms with Gasteiger partial charge in [0.15, 0.2) is 6.29 Å². The molecule has 1 aliphatic rings. The zero-order valence-corrected chi connectivity index (χ0v) is 11.9. The Hall–Kier alpha value is -1.46. The molecule has 1 aromatic carbocycles. The Kier molecular flexibility index (Phi) is 5.30. The van der Waals surface area contributed by atoms with Gasteiger partial charge < -0.3 is 9.47 Å². The molecule has 0 N–H and O–H groups in total. The molecule has 1 heterocycles. The molecule has 1 saturated heterocycles. The van der Waals surface area contributed by atoms with Gasteiger partial charge in [-0.1, -0.05) is 24.8 Å². The lowest BCUT2D eigenvalue weighted by molar-refractivity contribution is -0.106. The molecule has 1 atom stereocenters. The van der Waals surface area contributed by atoms with Crippen LogP contribution in [0.25, 0.3) is 0 Å². The minimum atomic E-state index is -0.108. The lowest BCUT2D eigenvalue weighted by Gasteiger charge is -2.24. The molecule has 0 bridgehead atoms. The minimum absolute atomic E-state index is 0.108. The predicted octanol–water partition coefficient (Wildman–Crippen LogP) is 4.05. The highest BCUT2D eigenvalue weighted by Gasteiger charge is 2.16. The van der Waals surface area contributed by atoms with Crippen LogP contribution >= 0.6 is 0 Å². The first-order valence-corrected chi connectivity index (χ1v) is 7.17. The summed E-state index contributed by atoms with van der Waals surface area (Å²) in [7, 11) is 0. The van der Waals surface area contributed by atoms with Crippen LogP contribution in [0.15, 0.2) is 18.2 Å². The normalized spacial score (nSPS) is 18.5. The van der Waals surface area contributed by atoms with Crippen molar-refractivity contribution in [2.24, 2.45) is 0 Å². The fraction of sp³-hybridized carbons (Fsp3) is 0.529. The zero-order valence-electron chi connectivity index (χ0n) is 11.9. The molecule has 2 rings (SSSR count). The van der Waals surface area contributed by atoms with E-state index in [0.717, 1.165) is 43.6 Å². The smallest absolute Gasteiger partial charge is 0.199 e. The van der Waals surface area contributed by atoms with Gasteiger partial charge in [0.25, 0.3) is 0 Å². The third kappa shape index (κ3) is 4.29. The second-order valence-electron chi connectivity index (χ2n) is 4.97. The summed E-state index contributed by atoms with van der Waals surface area (Å²) < 4.78 is 11.6. The van der Waals surface area contributed by atoms with Crippen molar-refractivity contribution in [3.63, 3.8) is 0 Å². The van der Waals surface area contributed by atoms with Crippen molar-refractivity contribution >= 4 is 0 Å². The van der Waals surface area contributed by atoms with Crippen molar-refractivity contribution in [3.8, 4) is 17.6 Å². The summed E-state index contributed by atoms with van der Waals surface area (Å²) in [6.45, 7) is 5.01. The highest BCUT2D eigenvalue weighted by Crippen LogP contribution is 2.23. The van der Waals surface area contributed by atoms with Crippen molar-refractivity contribution in [2.45, 2.75) is 52.2 Å². The summed E-state index contributed by atoms with van der Waals surface area (Å²) in [5, 5.41) is 0. The zero-order chi connectivity index (χ0) is 13.5. The van der Waals surface area contributed by atoms with Gasteiger partial charge in [-0.25, -0.2) is 0 Å². The number of unbranched alkanes of at least 4 members (excludes halogenated alkanes) is 1. The summed E-state index contributed by atoms with van der Waals surface area (Å²) in [5.41, 5.74) is 2.18. The fourth-order valence-corrected chi connectivity index (χ4v) is 2.07. The van der Waals surface area contributed by atoms with E-state index in [-0.39, 0.29) is 6.29 Å². The van der Waals surface area contributed by atoms with E-state index in [1.54, 1.807) is 0 Å². The van der Waals surface area contributed by atoms with Crippen molar-refractivity contribution in [1.82, 2.24) is 0 Å². The van der Waals surface area contributed by atoms with Crippen molar-refractivity contribution < 1.29 is 9.47 Å². The summed E-state index contributed by atoms with van der Waals surface area (Å²) in [6, 6.07) is 6.15. The van der Waals surface area contributed by atoms with Crippen molar-refractivity contribution in [3.05, 3.63) is 29.3 Å². The standard InChI is InChI=1S/C17H22O2/c1-3-4-5-8-15-13-14(2)10-11-16(15)19-17-9-6-7-12-18-17/h10-11,13,17H,3-4,6-7,9,12H2,1-2H3. The molecule has 1 fully saturated rings. The third-order valence-electron chi connectivity index (χ3n) is 3.13. The Morgan fingerprint density at radius 2 is 2.26 bits per heavy atom. The minimum Gasteiger partial charge on any atom is -0.464 e. The molecule has 2 nitrogen and oxygen atoms in total. The molecule has 0 radical (unpaired) electrons. The van der Waals surface area contributed by atoms with Crippen LogP contribution < -0.4 is 4.74 Å². The molecule has 102 valence electrons. The average Bonchev–Trinajstić information content (AvgIpc) is 2.43. The average molecular weight is 258 g/mol. The SMILES string of the molecule is CCCC#Cc1cc(C)ccc1OC1CCCCO1. The van der Waals surface area contributed by atoms with E-state index in [0.29, 0.717) is 0 Å². The third-order valence-corrected chi connectivity index (χ3v) is 3.13. The van der Waals surface area contributed by atoms with Gasteiger partial charge in [0.2, 0.25) is 0 Å². The second kappa shape index (κ2) is 7.21. The molecule has 2 heteroatoms. The van der Waals surface area contributed by atoms with Gasteiger partial charge in [-0.05, 0) is 43.9 Å². The van der Waals surface area contributed by atoms with Gasteiger partial charge in [-0.15, -0.1) is 0 Å². The van der Waals surface area contributed by atoms with Gasteiger partial charge in [-0.3, -0.25) is 0 Å². The van der Waals surface area contributed by atoms with Crippen LogP contribution in [0.2, 0.25) is 0 Å². The van der Waals surface area contributed by atoms with Crippen molar-refractivity contribution in [1.29, 1.82) is 0 Å². The fourth-order valence-electron chi connectivity index (χ4n) is 2.07. The number of hydrogen-bond donors (Lipinski definition) is 0. The quantitative estimate of drug-likeness (QED) is 0.761. The van der Waals surface area contributed by atoms with Gasteiger partial charge in [0, 0.05) is 12.8 Å². The summed E-state index contributed by atoms with van der Waals surface area (Å²) in [4.78, 5) is 0. The molecule has 0 spiro atoms. The Morgan fingerprint density at radius 1 is 1.37 bits per heavy atom. The van der Waals surface area contributed by atoms with E-state index in [1.165, 1.54) is 12.0 Å². The van der Waals surface area contributed by atoms with Crippen LogP contribution in [-0.2, 0) is 4.74 Å². The van der Waals surface area contributed by atoms with Gasteiger partial charge in [0.05, 0.1) is 12.2 Å². The van der Waals surface area contributed by atoms with Crippen molar-refractivity contribution in [2.75, 3.05) is 6.61 Å². The van der Waals surface area contributed by atoms with Crippen LogP contribution in [0.3, 0.4) is 0 Å². The molecule has 0 aromatic heterocycles. The number of ether oxygens (including phenoxy) is 2. The first-order valence-electron chi connectivity index (χ1n) is 7.17. The summed E-state index contributed by atoms with van der Waals surface area (Å²) in [5.74, 6) is 7.25. The monoisotopic (exact) mass is 258 g/mol. The van der Waals surface area contributed by atoms with Crippen LogP contribution in [0.4, 0.5) is 0 Å². The largest absolute Gasteiger partial charge is 0.464 e. The number of rotatable bonds is 3. The van der Waals surface area contributed by atoms with E-state index in [9.17, 15) is 0 Å². The Labute approximate surface area is 116 Å². The van der Waals surface area contributed by atoms with E-state index >= 15 is 0 Å². The van der Waals surface area contributed by atoms with E-state index < -0.39 is 0 Å². The first kappa shape index (κ1) is 14.0. The first-order chi connectivity index (χ1) is 9.29. The molecule has 0 aliphatic carbocycles. The number of hydrogen-bond acceptors (Lipinski definition) is 2. The predicted molar refractivity (Wildman–Crippen MR) is 77.2 cm³/mol. The Balaban J connectivity index is 2.12. The second-order valence-corrected chi connectivity index (χ2v) is 4.97. The molecular formula is C17H22O2. The number of aryl methyl sites for hydroxylation is 1. The van der Waals surface area contributed by atoms with Gasteiger partial charge >= 0.3 is 0 Å². The lowest BCUT2D eigenvalue weighted by atomic mass is 10.1. The highest BCUT2D eigenvalue weighted by molar-refractivity contribution is 5.48. The van der Waals surface area contributed by atoms with Crippen LogP contribution in [-0.4, -0.2) is 12.9 Å². The Bertz CT molecular complexity index is 462. The number of benzene rings is 1. The molecule has 0 saturated carbocycles. The van der Waals surface area contributed by atoms with E-state index in [4.69, 9.17) is 9.47 Å². The maximum absolute atomic E-state index is 5.95. The maximum Gasteiger partial charge on any atom is 0.199 e. The van der Waals surface area contributed by atoms with E-state index in [2.05, 4.69) is 37.8 Å². The van der Waals surface area contributed by atoms with E-state index in [1.807, 2.05) is 6.07 Å². The molecule has 19 heavy (non-hydrogen) atoms. The molecular weight excluding hydrogens is 236 g/mol. The van der Waals surface area contributed by atoms with Crippen LogP contribution in [0.5, 0.6) is 5.75 Å². The summed E-state index contributed by atoms with van der Waals surface area (Å²) in [6.07, 6.45) is 5.18. The molecule has 1 aromatic rings. The molecule has 1 aliphatic heterocycles. The highest BCUT2D eigenvalue weighted by atomic mass is 16.7. The maximum atomic E-state index is 5.95. The lowest BCUT2D eigenvalue weighted by Crippen LogP contribution is -2.25. The molecule has 1 unspecified atom stereocenters. The summed E-state index contributed by atoms with van der Waals surface area (Å²) >= 11 is 0. The van der Waals surface area contributed by atoms with Crippen LogP contribution in [0.1, 0.15) is 50.2 Å². The topological polar surface area (TPSA) is 18.5 Å². The van der Waals surface area contributed by atoms with Gasteiger partial charge in [0.1, 0.15) is 5.75 Å². The molecule has 0 amide bonds. The Morgan fingerprint density at radius 3 is 3.00 bits per heavy atom. The van der Waals surface area contributed by atoms with Crippen LogP contribution in [0, 0.1) is 18.8 Å². The van der Waals surface area contributed by atoms with Gasteiger partial charge in [-0.2, -0.15) is 0 Å².